The SMILES string of the molecule is NCC1Cc2[nH]cnc2C(C2CCNCC2)N1. The molecule has 94 valence electrons. The van der Waals surface area contributed by atoms with Gasteiger partial charge < -0.3 is 21.4 Å². The first-order valence-electron chi connectivity index (χ1n) is 6.57. The summed E-state index contributed by atoms with van der Waals surface area (Å²) in [5, 5.41) is 7.10. The number of fused-ring (bicyclic) bond motifs is 1. The summed E-state index contributed by atoms with van der Waals surface area (Å²) in [7, 11) is 0. The molecule has 0 aliphatic carbocycles. The highest BCUT2D eigenvalue weighted by Gasteiger charge is 2.33. The van der Waals surface area contributed by atoms with E-state index in [9.17, 15) is 0 Å². The molecule has 17 heavy (non-hydrogen) atoms. The Balaban J connectivity index is 1.83. The zero-order valence-corrected chi connectivity index (χ0v) is 10.1. The summed E-state index contributed by atoms with van der Waals surface area (Å²) in [5.41, 5.74) is 8.32. The average molecular weight is 235 g/mol. The predicted octanol–water partition coefficient (Wildman–Crippen LogP) is -0.0766. The summed E-state index contributed by atoms with van der Waals surface area (Å²) < 4.78 is 0. The Kier molecular flexibility index (Phi) is 3.13. The number of hydrogen-bond donors (Lipinski definition) is 4. The molecule has 2 aliphatic heterocycles. The molecular formula is C12H21N5. The van der Waals surface area contributed by atoms with Gasteiger partial charge in [-0.15, -0.1) is 0 Å². The molecule has 1 aromatic heterocycles. The van der Waals surface area contributed by atoms with Crippen molar-refractivity contribution in [1.29, 1.82) is 0 Å². The second-order valence-corrected chi connectivity index (χ2v) is 5.13. The van der Waals surface area contributed by atoms with E-state index in [1.165, 1.54) is 24.2 Å². The molecule has 2 unspecified atom stereocenters. The Morgan fingerprint density at radius 1 is 1.35 bits per heavy atom. The van der Waals surface area contributed by atoms with E-state index < -0.39 is 0 Å². The maximum Gasteiger partial charge on any atom is 0.0925 e. The number of aromatic amines is 1. The number of nitrogens with one attached hydrogen (secondary N) is 3. The third kappa shape index (κ3) is 2.10. The molecule has 3 heterocycles. The highest BCUT2D eigenvalue weighted by molar-refractivity contribution is 5.22. The summed E-state index contributed by atoms with van der Waals surface area (Å²) in [6.45, 7) is 2.94. The van der Waals surface area contributed by atoms with E-state index in [1.807, 2.05) is 6.33 Å². The molecule has 0 amide bonds. The van der Waals surface area contributed by atoms with Gasteiger partial charge in [-0.05, 0) is 31.8 Å². The number of nitrogens with two attached hydrogens (primary N) is 1. The molecule has 2 atom stereocenters. The van der Waals surface area contributed by atoms with E-state index in [0.29, 0.717) is 24.5 Å². The average Bonchev–Trinajstić information content (AvgIpc) is 2.86. The fraction of sp³-hybridized carbons (Fsp3) is 0.750. The largest absolute Gasteiger partial charge is 0.348 e. The third-order valence-corrected chi connectivity index (χ3v) is 4.05. The molecule has 5 nitrogen and oxygen atoms in total. The second kappa shape index (κ2) is 4.76. The molecule has 5 N–H and O–H groups in total. The van der Waals surface area contributed by atoms with Gasteiger partial charge in [-0.1, -0.05) is 0 Å². The molecule has 1 saturated heterocycles. The van der Waals surface area contributed by atoms with Crippen molar-refractivity contribution in [1.82, 2.24) is 20.6 Å². The van der Waals surface area contributed by atoms with Gasteiger partial charge in [0.05, 0.1) is 18.1 Å². The van der Waals surface area contributed by atoms with E-state index in [4.69, 9.17) is 5.73 Å². The van der Waals surface area contributed by atoms with Gasteiger partial charge in [0, 0.05) is 24.7 Å². The van der Waals surface area contributed by atoms with Crippen molar-refractivity contribution in [3.05, 3.63) is 17.7 Å². The van der Waals surface area contributed by atoms with Crippen molar-refractivity contribution in [2.24, 2.45) is 11.7 Å². The van der Waals surface area contributed by atoms with Crippen molar-refractivity contribution in [3.63, 3.8) is 0 Å². The van der Waals surface area contributed by atoms with Gasteiger partial charge >= 0.3 is 0 Å². The van der Waals surface area contributed by atoms with Crippen molar-refractivity contribution >= 4 is 0 Å². The quantitative estimate of drug-likeness (QED) is 0.578. The molecule has 5 heteroatoms. The van der Waals surface area contributed by atoms with Crippen LogP contribution in [0.25, 0.3) is 0 Å². The van der Waals surface area contributed by atoms with Crippen LogP contribution in [0.4, 0.5) is 0 Å². The number of rotatable bonds is 2. The van der Waals surface area contributed by atoms with Crippen LogP contribution < -0.4 is 16.4 Å². The fourth-order valence-electron chi connectivity index (χ4n) is 3.09. The van der Waals surface area contributed by atoms with Gasteiger partial charge in [0.25, 0.3) is 0 Å². The van der Waals surface area contributed by atoms with Crippen LogP contribution in [0.5, 0.6) is 0 Å². The van der Waals surface area contributed by atoms with Gasteiger partial charge in [-0.3, -0.25) is 0 Å². The van der Waals surface area contributed by atoms with Gasteiger partial charge in [-0.25, -0.2) is 4.98 Å². The van der Waals surface area contributed by atoms with Gasteiger partial charge in [0.2, 0.25) is 0 Å². The number of imidazole rings is 1. The Morgan fingerprint density at radius 2 is 2.18 bits per heavy atom. The van der Waals surface area contributed by atoms with E-state index in [-0.39, 0.29) is 0 Å². The Morgan fingerprint density at radius 3 is 2.94 bits per heavy atom. The first-order chi connectivity index (χ1) is 8.38. The highest BCUT2D eigenvalue weighted by Crippen LogP contribution is 2.32. The number of hydrogen-bond acceptors (Lipinski definition) is 4. The zero-order valence-electron chi connectivity index (χ0n) is 10.1. The van der Waals surface area contributed by atoms with Crippen LogP contribution >= 0.6 is 0 Å². The normalized spacial score (nSPS) is 30.2. The summed E-state index contributed by atoms with van der Waals surface area (Å²) >= 11 is 0. The Hall–Kier alpha value is -0.910. The van der Waals surface area contributed by atoms with Crippen LogP contribution in [0.15, 0.2) is 6.33 Å². The predicted molar refractivity (Wildman–Crippen MR) is 66.6 cm³/mol. The molecule has 0 aromatic carbocycles. The van der Waals surface area contributed by atoms with E-state index in [1.54, 1.807) is 0 Å². The Labute approximate surface area is 102 Å². The van der Waals surface area contributed by atoms with Gasteiger partial charge in [0.15, 0.2) is 0 Å². The van der Waals surface area contributed by atoms with E-state index in [0.717, 1.165) is 19.5 Å². The summed E-state index contributed by atoms with van der Waals surface area (Å²) in [6, 6.07) is 0.781. The van der Waals surface area contributed by atoms with Gasteiger partial charge in [-0.2, -0.15) is 0 Å². The summed E-state index contributed by atoms with van der Waals surface area (Å²) in [5.74, 6) is 0.688. The van der Waals surface area contributed by atoms with Crippen LogP contribution in [-0.4, -0.2) is 35.6 Å². The van der Waals surface area contributed by atoms with Crippen LogP contribution in [-0.2, 0) is 6.42 Å². The minimum atomic E-state index is 0.389. The van der Waals surface area contributed by atoms with Crippen molar-refractivity contribution in [2.75, 3.05) is 19.6 Å². The van der Waals surface area contributed by atoms with Crippen LogP contribution in [0.3, 0.4) is 0 Å². The minimum absolute atomic E-state index is 0.389. The molecule has 0 spiro atoms. The second-order valence-electron chi connectivity index (χ2n) is 5.13. The molecule has 1 aromatic rings. The van der Waals surface area contributed by atoms with Crippen molar-refractivity contribution in [2.45, 2.75) is 31.3 Å². The maximum atomic E-state index is 5.81. The molecule has 3 rings (SSSR count). The lowest BCUT2D eigenvalue weighted by Crippen LogP contribution is -2.48. The number of piperidine rings is 1. The first-order valence-corrected chi connectivity index (χ1v) is 6.57. The molecular weight excluding hydrogens is 214 g/mol. The molecule has 2 aliphatic rings. The van der Waals surface area contributed by atoms with Crippen LogP contribution in [0.2, 0.25) is 0 Å². The van der Waals surface area contributed by atoms with E-state index >= 15 is 0 Å². The highest BCUT2D eigenvalue weighted by atomic mass is 15.1. The lowest BCUT2D eigenvalue weighted by atomic mass is 9.84. The number of nitrogens with zero attached hydrogens (tertiary/aromatic N) is 1. The van der Waals surface area contributed by atoms with E-state index in [2.05, 4.69) is 20.6 Å². The van der Waals surface area contributed by atoms with Crippen molar-refractivity contribution < 1.29 is 0 Å². The lowest BCUT2D eigenvalue weighted by molar-refractivity contribution is 0.247. The molecule has 0 bridgehead atoms. The summed E-state index contributed by atoms with van der Waals surface area (Å²) in [4.78, 5) is 7.77. The third-order valence-electron chi connectivity index (χ3n) is 4.05. The fourth-order valence-corrected chi connectivity index (χ4v) is 3.09. The molecule has 0 radical (unpaired) electrons. The topological polar surface area (TPSA) is 78.8 Å². The zero-order chi connectivity index (χ0) is 11.7. The standard InChI is InChI=1S/C12H21N5/c13-6-9-5-10-12(16-7-15-10)11(17-9)8-1-3-14-4-2-8/h7-9,11,14,17H,1-6,13H2,(H,15,16). The van der Waals surface area contributed by atoms with Crippen LogP contribution in [0.1, 0.15) is 30.3 Å². The number of aromatic nitrogens is 2. The smallest absolute Gasteiger partial charge is 0.0925 e. The molecule has 0 saturated carbocycles. The summed E-state index contributed by atoms with van der Waals surface area (Å²) in [6.07, 6.45) is 5.25. The van der Waals surface area contributed by atoms with Crippen molar-refractivity contribution in [3.8, 4) is 0 Å². The number of H-pyrrole nitrogens is 1. The van der Waals surface area contributed by atoms with Crippen LogP contribution in [0, 0.1) is 5.92 Å². The minimum Gasteiger partial charge on any atom is -0.348 e. The molecule has 1 fully saturated rings. The first kappa shape index (κ1) is 11.2. The monoisotopic (exact) mass is 235 g/mol. The maximum absolute atomic E-state index is 5.81. The lowest BCUT2D eigenvalue weighted by Gasteiger charge is -2.36. The van der Waals surface area contributed by atoms with Gasteiger partial charge in [0.1, 0.15) is 0 Å². The Bertz CT molecular complexity index is 369.